The van der Waals surface area contributed by atoms with Crippen LogP contribution in [0.2, 0.25) is 0 Å². The van der Waals surface area contributed by atoms with Crippen LogP contribution in [0.4, 0.5) is 5.82 Å². The summed E-state index contributed by atoms with van der Waals surface area (Å²) in [4.78, 5) is 8.93. The molecule has 0 amide bonds. The van der Waals surface area contributed by atoms with E-state index in [0.29, 0.717) is 12.4 Å². The first-order valence-electron chi connectivity index (χ1n) is 6.69. The summed E-state index contributed by atoms with van der Waals surface area (Å²) < 4.78 is 1.98. The third-order valence-corrected chi connectivity index (χ3v) is 3.34. The van der Waals surface area contributed by atoms with Gasteiger partial charge in [0.05, 0.1) is 5.52 Å². The highest BCUT2D eigenvalue weighted by molar-refractivity contribution is 6.06. The van der Waals surface area contributed by atoms with Gasteiger partial charge < -0.3 is 16.9 Å². The van der Waals surface area contributed by atoms with Gasteiger partial charge in [-0.3, -0.25) is 0 Å². The number of hydrogen-bond acceptors (Lipinski definition) is 5. The predicted octanol–water partition coefficient (Wildman–Crippen LogP) is 1.37. The largest absolute Gasteiger partial charge is 0.382 e. The predicted molar refractivity (Wildman–Crippen MR) is 82.1 cm³/mol. The molecule has 0 aliphatic rings. The van der Waals surface area contributed by atoms with E-state index in [1.165, 1.54) is 0 Å². The van der Waals surface area contributed by atoms with Gasteiger partial charge in [0.15, 0.2) is 5.82 Å². The Hall–Kier alpha value is -2.34. The Morgan fingerprint density at radius 2 is 2.05 bits per heavy atom. The summed E-state index contributed by atoms with van der Waals surface area (Å²) in [7, 11) is 0. The fraction of sp³-hybridized carbons (Fsp3) is 0.286. The van der Waals surface area contributed by atoms with E-state index < -0.39 is 0 Å². The van der Waals surface area contributed by atoms with Crippen molar-refractivity contribution in [2.24, 2.45) is 5.73 Å². The van der Waals surface area contributed by atoms with E-state index in [4.69, 9.17) is 11.5 Å². The number of nitrogen functional groups attached to an aromatic ring is 1. The molecular weight excluding hydrogens is 252 g/mol. The monoisotopic (exact) mass is 270 g/mol. The molecular formula is C14H18N6. The maximum absolute atomic E-state index is 6.02. The minimum Gasteiger partial charge on any atom is -0.382 e. The highest BCUT2D eigenvalue weighted by atomic mass is 15.4. The minimum atomic E-state index is 0.459. The molecule has 2 aromatic heterocycles. The average molecular weight is 270 g/mol. The number of nitrogens with two attached hydrogens (primary N) is 2. The molecule has 2 heterocycles. The number of para-hydroxylation sites is 1. The Morgan fingerprint density at radius 3 is 2.85 bits per heavy atom. The van der Waals surface area contributed by atoms with Crippen molar-refractivity contribution in [3.8, 4) is 0 Å². The standard InChI is InChI=1S/C14H18N6/c1-9-18-12-13(20(9)17-8-4-7-15)10-5-2-3-6-11(10)19-14(12)16/h2-3,5-6,17H,4,7-8,15H2,1H3,(H2,16,19). The molecule has 0 atom stereocenters. The third kappa shape index (κ3) is 1.94. The smallest absolute Gasteiger partial charge is 0.152 e. The number of benzene rings is 1. The van der Waals surface area contributed by atoms with E-state index in [-0.39, 0.29) is 0 Å². The zero-order valence-electron chi connectivity index (χ0n) is 11.4. The van der Waals surface area contributed by atoms with Crippen LogP contribution in [0.5, 0.6) is 0 Å². The van der Waals surface area contributed by atoms with E-state index >= 15 is 0 Å². The molecule has 0 saturated heterocycles. The molecule has 6 nitrogen and oxygen atoms in total. The zero-order valence-corrected chi connectivity index (χ0v) is 11.4. The first-order chi connectivity index (χ1) is 9.72. The zero-order chi connectivity index (χ0) is 14.1. The fourth-order valence-electron chi connectivity index (χ4n) is 2.40. The first-order valence-corrected chi connectivity index (χ1v) is 6.69. The number of aromatic nitrogens is 3. The lowest BCUT2D eigenvalue weighted by Crippen LogP contribution is -2.19. The molecule has 5 N–H and O–H groups in total. The van der Waals surface area contributed by atoms with Gasteiger partial charge in [-0.2, -0.15) is 0 Å². The SMILES string of the molecule is Cc1nc2c(N)nc3ccccc3c2n1NCCCN. The van der Waals surface area contributed by atoms with Gasteiger partial charge in [-0.1, -0.05) is 18.2 Å². The van der Waals surface area contributed by atoms with Crippen molar-refractivity contribution in [1.29, 1.82) is 0 Å². The highest BCUT2D eigenvalue weighted by Gasteiger charge is 2.14. The van der Waals surface area contributed by atoms with Crippen molar-refractivity contribution in [1.82, 2.24) is 14.6 Å². The quantitative estimate of drug-likeness (QED) is 0.622. The van der Waals surface area contributed by atoms with Gasteiger partial charge in [0.25, 0.3) is 0 Å². The van der Waals surface area contributed by atoms with Gasteiger partial charge in [0.2, 0.25) is 0 Å². The van der Waals surface area contributed by atoms with Crippen molar-refractivity contribution >= 4 is 27.8 Å². The summed E-state index contributed by atoms with van der Waals surface area (Å²) in [6.07, 6.45) is 0.900. The van der Waals surface area contributed by atoms with Crippen LogP contribution in [-0.4, -0.2) is 27.7 Å². The van der Waals surface area contributed by atoms with Crippen molar-refractivity contribution in [3.05, 3.63) is 30.1 Å². The summed E-state index contributed by atoms with van der Waals surface area (Å²) in [5.74, 6) is 1.32. The molecule has 0 unspecified atom stereocenters. The Morgan fingerprint density at radius 1 is 1.25 bits per heavy atom. The lowest BCUT2D eigenvalue weighted by Gasteiger charge is -2.11. The van der Waals surface area contributed by atoms with Crippen LogP contribution in [0.3, 0.4) is 0 Å². The van der Waals surface area contributed by atoms with Crippen LogP contribution in [0.15, 0.2) is 24.3 Å². The molecule has 3 rings (SSSR count). The molecule has 0 radical (unpaired) electrons. The van der Waals surface area contributed by atoms with Crippen molar-refractivity contribution in [2.75, 3.05) is 24.2 Å². The number of hydrogen-bond donors (Lipinski definition) is 3. The number of imidazole rings is 1. The summed E-state index contributed by atoms with van der Waals surface area (Å²) in [6.45, 7) is 3.39. The molecule has 0 aliphatic carbocycles. The maximum atomic E-state index is 6.02. The van der Waals surface area contributed by atoms with Gasteiger partial charge in [-0.25, -0.2) is 14.6 Å². The molecule has 104 valence electrons. The molecule has 0 saturated carbocycles. The number of nitrogens with zero attached hydrogens (tertiary/aromatic N) is 3. The van der Waals surface area contributed by atoms with Gasteiger partial charge in [-0.15, -0.1) is 0 Å². The van der Waals surface area contributed by atoms with E-state index in [1.807, 2.05) is 35.9 Å². The van der Waals surface area contributed by atoms with Crippen LogP contribution in [-0.2, 0) is 0 Å². The van der Waals surface area contributed by atoms with Crippen LogP contribution in [0.1, 0.15) is 12.2 Å². The highest BCUT2D eigenvalue weighted by Crippen LogP contribution is 2.27. The maximum Gasteiger partial charge on any atom is 0.152 e. The van der Waals surface area contributed by atoms with E-state index in [9.17, 15) is 0 Å². The Balaban J connectivity index is 2.25. The number of anilines is 1. The molecule has 0 aliphatic heterocycles. The fourth-order valence-corrected chi connectivity index (χ4v) is 2.40. The van der Waals surface area contributed by atoms with Gasteiger partial charge in [-0.05, 0) is 26.0 Å². The Labute approximate surface area is 116 Å². The minimum absolute atomic E-state index is 0.459. The number of nitrogens with one attached hydrogen (secondary N) is 1. The second-order valence-electron chi connectivity index (χ2n) is 4.76. The molecule has 0 bridgehead atoms. The summed E-state index contributed by atoms with van der Waals surface area (Å²) in [5, 5.41) is 1.04. The average Bonchev–Trinajstić information content (AvgIpc) is 2.78. The van der Waals surface area contributed by atoms with E-state index in [2.05, 4.69) is 15.4 Å². The molecule has 3 aromatic rings. The summed E-state index contributed by atoms with van der Waals surface area (Å²) >= 11 is 0. The van der Waals surface area contributed by atoms with Gasteiger partial charge in [0, 0.05) is 11.9 Å². The number of rotatable bonds is 4. The van der Waals surface area contributed by atoms with Crippen molar-refractivity contribution in [2.45, 2.75) is 13.3 Å². The molecule has 1 aromatic carbocycles. The lowest BCUT2D eigenvalue weighted by atomic mass is 10.2. The number of fused-ring (bicyclic) bond motifs is 3. The van der Waals surface area contributed by atoms with Crippen molar-refractivity contribution < 1.29 is 0 Å². The lowest BCUT2D eigenvalue weighted by molar-refractivity contribution is 0.769. The molecule has 0 fully saturated rings. The van der Waals surface area contributed by atoms with Gasteiger partial charge >= 0.3 is 0 Å². The number of pyridine rings is 1. The Bertz CT molecular complexity index is 761. The van der Waals surface area contributed by atoms with E-state index in [0.717, 1.165) is 40.7 Å². The van der Waals surface area contributed by atoms with E-state index in [1.54, 1.807) is 0 Å². The normalized spacial score (nSPS) is 11.3. The molecule has 0 spiro atoms. The first kappa shape index (κ1) is 12.7. The van der Waals surface area contributed by atoms with Crippen molar-refractivity contribution in [3.63, 3.8) is 0 Å². The summed E-state index contributed by atoms with van der Waals surface area (Å²) in [5.41, 5.74) is 17.5. The van der Waals surface area contributed by atoms with Crippen LogP contribution >= 0.6 is 0 Å². The van der Waals surface area contributed by atoms with Crippen LogP contribution < -0.4 is 16.9 Å². The second-order valence-corrected chi connectivity index (χ2v) is 4.76. The summed E-state index contributed by atoms with van der Waals surface area (Å²) in [6, 6.07) is 7.94. The molecule has 6 heteroatoms. The van der Waals surface area contributed by atoms with Gasteiger partial charge in [0.1, 0.15) is 16.9 Å². The number of aryl methyl sites for hydroxylation is 1. The topological polar surface area (TPSA) is 94.8 Å². The van der Waals surface area contributed by atoms with Crippen LogP contribution in [0, 0.1) is 6.92 Å². The third-order valence-electron chi connectivity index (χ3n) is 3.34. The second kappa shape index (κ2) is 4.97. The van der Waals surface area contributed by atoms with Crippen LogP contribution in [0.25, 0.3) is 21.9 Å². The Kier molecular flexibility index (Phi) is 3.15. The molecule has 20 heavy (non-hydrogen) atoms.